The van der Waals surface area contributed by atoms with Gasteiger partial charge in [0.2, 0.25) is 5.95 Å². The summed E-state index contributed by atoms with van der Waals surface area (Å²) in [7, 11) is 0. The molecule has 3 aromatic rings. The van der Waals surface area contributed by atoms with Crippen LogP contribution in [0.3, 0.4) is 0 Å². The highest BCUT2D eigenvalue weighted by molar-refractivity contribution is 5.55. The molecule has 3 aliphatic heterocycles. The minimum Gasteiger partial charge on any atom is -0.356 e. The Labute approximate surface area is 201 Å². The SMILES string of the molecule is Fc1ccccc1CN1CCc2nc(N3CCc4ccccc4C3)nc(N3CCCCC3)c2C1. The summed E-state index contributed by atoms with van der Waals surface area (Å²) in [6.07, 6.45) is 5.63. The molecule has 0 spiro atoms. The van der Waals surface area contributed by atoms with Gasteiger partial charge in [-0.3, -0.25) is 4.90 Å². The average Bonchev–Trinajstić information content (AvgIpc) is 2.89. The standard InChI is InChI=1S/C28H32FN5/c29-25-11-5-4-10-23(25)18-32-16-13-26-24(20-32)27(33-14-6-1-7-15-33)31-28(30-26)34-17-12-21-8-2-3-9-22(21)19-34/h2-5,8-11H,1,6-7,12-20H2. The van der Waals surface area contributed by atoms with Crippen molar-refractivity contribution >= 4 is 11.8 Å². The first-order chi connectivity index (χ1) is 16.7. The van der Waals surface area contributed by atoms with Crippen molar-refractivity contribution in [1.82, 2.24) is 14.9 Å². The summed E-state index contributed by atoms with van der Waals surface area (Å²) in [6, 6.07) is 15.8. The van der Waals surface area contributed by atoms with E-state index < -0.39 is 0 Å². The summed E-state index contributed by atoms with van der Waals surface area (Å²) in [4.78, 5) is 17.5. The van der Waals surface area contributed by atoms with Crippen LogP contribution in [0.15, 0.2) is 48.5 Å². The zero-order chi connectivity index (χ0) is 22.9. The predicted molar refractivity (Wildman–Crippen MR) is 134 cm³/mol. The van der Waals surface area contributed by atoms with E-state index in [2.05, 4.69) is 39.0 Å². The Morgan fingerprint density at radius 3 is 2.38 bits per heavy atom. The molecule has 1 fully saturated rings. The van der Waals surface area contributed by atoms with E-state index >= 15 is 0 Å². The molecule has 0 unspecified atom stereocenters. The lowest BCUT2D eigenvalue weighted by Gasteiger charge is -2.36. The maximum atomic E-state index is 14.3. The molecule has 0 saturated carbocycles. The predicted octanol–water partition coefficient (Wildman–Crippen LogP) is 4.73. The zero-order valence-corrected chi connectivity index (χ0v) is 19.7. The fraction of sp³-hybridized carbons (Fsp3) is 0.429. The lowest BCUT2D eigenvalue weighted by molar-refractivity contribution is 0.239. The van der Waals surface area contributed by atoms with E-state index in [0.29, 0.717) is 6.54 Å². The van der Waals surface area contributed by atoms with Crippen molar-refractivity contribution in [3.05, 3.63) is 82.3 Å². The van der Waals surface area contributed by atoms with Crippen LogP contribution in [0, 0.1) is 5.82 Å². The van der Waals surface area contributed by atoms with Crippen LogP contribution < -0.4 is 9.80 Å². The molecular formula is C28H32FN5. The number of hydrogen-bond donors (Lipinski definition) is 0. The molecule has 1 aromatic heterocycles. The molecule has 3 aliphatic rings. The van der Waals surface area contributed by atoms with Crippen LogP contribution >= 0.6 is 0 Å². The lowest BCUT2D eigenvalue weighted by Crippen LogP contribution is -2.38. The van der Waals surface area contributed by atoms with Gasteiger partial charge in [0, 0.05) is 63.4 Å². The summed E-state index contributed by atoms with van der Waals surface area (Å²) in [6.45, 7) is 6.22. The Morgan fingerprint density at radius 2 is 1.53 bits per heavy atom. The van der Waals surface area contributed by atoms with Gasteiger partial charge >= 0.3 is 0 Å². The van der Waals surface area contributed by atoms with Gasteiger partial charge in [0.1, 0.15) is 11.6 Å². The van der Waals surface area contributed by atoms with E-state index in [1.807, 2.05) is 12.1 Å². The molecule has 0 amide bonds. The Hall–Kier alpha value is -2.99. The van der Waals surface area contributed by atoms with Gasteiger partial charge in [0.05, 0.1) is 5.69 Å². The van der Waals surface area contributed by atoms with E-state index in [0.717, 1.165) is 69.4 Å². The molecule has 6 rings (SSSR count). The van der Waals surface area contributed by atoms with E-state index in [4.69, 9.17) is 9.97 Å². The number of anilines is 2. The molecule has 0 aliphatic carbocycles. The molecule has 6 heteroatoms. The van der Waals surface area contributed by atoms with Crippen molar-refractivity contribution in [2.75, 3.05) is 36.0 Å². The first-order valence-electron chi connectivity index (χ1n) is 12.7. The van der Waals surface area contributed by atoms with Crippen LogP contribution in [-0.2, 0) is 32.5 Å². The van der Waals surface area contributed by atoms with Crippen molar-refractivity contribution in [2.45, 2.75) is 51.7 Å². The molecule has 34 heavy (non-hydrogen) atoms. The second-order valence-electron chi connectivity index (χ2n) is 9.81. The first-order valence-corrected chi connectivity index (χ1v) is 12.7. The summed E-state index contributed by atoms with van der Waals surface area (Å²) in [5, 5.41) is 0. The number of nitrogens with zero attached hydrogens (tertiary/aromatic N) is 5. The number of hydrogen-bond acceptors (Lipinski definition) is 5. The summed E-state index contributed by atoms with van der Waals surface area (Å²) >= 11 is 0. The minimum atomic E-state index is -0.124. The van der Waals surface area contributed by atoms with Crippen LogP contribution in [0.1, 0.15) is 47.2 Å². The largest absolute Gasteiger partial charge is 0.356 e. The third kappa shape index (κ3) is 4.27. The molecule has 0 N–H and O–H groups in total. The summed E-state index contributed by atoms with van der Waals surface area (Å²) < 4.78 is 14.3. The Bertz CT molecular complexity index is 1170. The molecule has 5 nitrogen and oxygen atoms in total. The highest BCUT2D eigenvalue weighted by Gasteiger charge is 2.28. The van der Waals surface area contributed by atoms with Gasteiger partial charge in [-0.05, 0) is 42.9 Å². The van der Waals surface area contributed by atoms with Crippen molar-refractivity contribution < 1.29 is 4.39 Å². The van der Waals surface area contributed by atoms with E-state index in [9.17, 15) is 4.39 Å². The maximum Gasteiger partial charge on any atom is 0.227 e. The van der Waals surface area contributed by atoms with Crippen molar-refractivity contribution in [2.24, 2.45) is 0 Å². The third-order valence-electron chi connectivity index (χ3n) is 7.53. The minimum absolute atomic E-state index is 0.124. The van der Waals surface area contributed by atoms with E-state index in [1.165, 1.54) is 41.6 Å². The normalized spacial score (nSPS) is 18.5. The maximum absolute atomic E-state index is 14.3. The Morgan fingerprint density at radius 1 is 0.735 bits per heavy atom. The van der Waals surface area contributed by atoms with Crippen LogP contribution in [0.5, 0.6) is 0 Å². The molecule has 0 bridgehead atoms. The zero-order valence-electron chi connectivity index (χ0n) is 19.7. The Kier molecular flexibility index (Phi) is 5.91. The summed E-state index contributed by atoms with van der Waals surface area (Å²) in [5.41, 5.74) is 6.00. The van der Waals surface area contributed by atoms with Crippen molar-refractivity contribution in [3.63, 3.8) is 0 Å². The molecule has 0 radical (unpaired) electrons. The Balaban J connectivity index is 1.31. The highest BCUT2D eigenvalue weighted by Crippen LogP contribution is 2.32. The number of halogens is 1. The summed E-state index contributed by atoms with van der Waals surface area (Å²) in [5.74, 6) is 1.86. The number of piperidine rings is 1. The second kappa shape index (κ2) is 9.34. The molecule has 176 valence electrons. The molecule has 1 saturated heterocycles. The van der Waals surface area contributed by atoms with Crippen LogP contribution in [-0.4, -0.2) is 41.0 Å². The van der Waals surface area contributed by atoms with Gasteiger partial charge in [-0.2, -0.15) is 4.98 Å². The van der Waals surface area contributed by atoms with Gasteiger partial charge < -0.3 is 9.80 Å². The van der Waals surface area contributed by atoms with Crippen LogP contribution in [0.2, 0.25) is 0 Å². The fourth-order valence-electron chi connectivity index (χ4n) is 5.62. The van der Waals surface area contributed by atoms with Gasteiger partial charge in [0.25, 0.3) is 0 Å². The molecule has 0 atom stereocenters. The van der Waals surface area contributed by atoms with Crippen molar-refractivity contribution in [1.29, 1.82) is 0 Å². The third-order valence-corrected chi connectivity index (χ3v) is 7.53. The highest BCUT2D eigenvalue weighted by atomic mass is 19.1. The molecule has 2 aromatic carbocycles. The topological polar surface area (TPSA) is 35.5 Å². The number of rotatable bonds is 4. The van der Waals surface area contributed by atoms with Crippen LogP contribution in [0.4, 0.5) is 16.2 Å². The second-order valence-corrected chi connectivity index (χ2v) is 9.81. The van der Waals surface area contributed by atoms with Gasteiger partial charge in [0.15, 0.2) is 0 Å². The first kappa shape index (κ1) is 21.5. The van der Waals surface area contributed by atoms with Gasteiger partial charge in [-0.15, -0.1) is 0 Å². The van der Waals surface area contributed by atoms with Gasteiger partial charge in [-0.25, -0.2) is 9.37 Å². The smallest absolute Gasteiger partial charge is 0.227 e. The van der Waals surface area contributed by atoms with Crippen molar-refractivity contribution in [3.8, 4) is 0 Å². The number of aromatic nitrogens is 2. The van der Waals surface area contributed by atoms with E-state index in [-0.39, 0.29) is 5.82 Å². The van der Waals surface area contributed by atoms with Gasteiger partial charge in [-0.1, -0.05) is 42.5 Å². The number of fused-ring (bicyclic) bond motifs is 2. The molecule has 4 heterocycles. The van der Waals surface area contributed by atoms with E-state index in [1.54, 1.807) is 12.1 Å². The average molecular weight is 458 g/mol. The lowest BCUT2D eigenvalue weighted by atomic mass is 10.00. The quantitative estimate of drug-likeness (QED) is 0.566. The monoisotopic (exact) mass is 457 g/mol. The molecular weight excluding hydrogens is 425 g/mol. The fourth-order valence-corrected chi connectivity index (χ4v) is 5.62. The number of benzene rings is 2. The van der Waals surface area contributed by atoms with Crippen LogP contribution in [0.25, 0.3) is 0 Å².